The summed E-state index contributed by atoms with van der Waals surface area (Å²) in [5.74, 6) is -5.80. The maximum absolute atomic E-state index is 14.2. The second-order valence-corrected chi connectivity index (χ2v) is 5.31. The van der Waals surface area contributed by atoms with Crippen molar-refractivity contribution in [3.63, 3.8) is 0 Å². The van der Waals surface area contributed by atoms with Crippen LogP contribution in [-0.4, -0.2) is 17.1 Å². The van der Waals surface area contributed by atoms with Gasteiger partial charge < -0.3 is 15.0 Å². The quantitative estimate of drug-likeness (QED) is 0.534. The molecule has 1 saturated carbocycles. The molecule has 1 aliphatic rings. The molecule has 0 amide bonds. The molecule has 3 rings (SSSR count). The van der Waals surface area contributed by atoms with E-state index in [1.165, 1.54) is 4.57 Å². The van der Waals surface area contributed by atoms with Crippen LogP contribution >= 0.6 is 0 Å². The maximum atomic E-state index is 14.2. The van der Waals surface area contributed by atoms with Gasteiger partial charge in [-0.1, -0.05) is 0 Å². The summed E-state index contributed by atoms with van der Waals surface area (Å²) in [7, 11) is 0. The normalized spacial score (nSPS) is 14.3. The van der Waals surface area contributed by atoms with E-state index in [0.29, 0.717) is 12.8 Å². The number of hydrogen-bond donors (Lipinski definition) is 1. The van der Waals surface area contributed by atoms with Crippen molar-refractivity contribution < 1.29 is 22.7 Å². The predicted molar refractivity (Wildman–Crippen MR) is 76.7 cm³/mol. The Bertz CT molecular complexity index is 888. The van der Waals surface area contributed by atoms with Gasteiger partial charge in [0.05, 0.1) is 23.2 Å². The standard InChI is InChI=1S/C15H13F3N2O3/c1-2-23-15(22)7-5-20(6-3-4-6)13-8(14(7)21)12(19)10(17)9(16)11(13)18/h5-6H,2-4,19H2,1H3. The van der Waals surface area contributed by atoms with E-state index >= 15 is 0 Å². The van der Waals surface area contributed by atoms with Crippen molar-refractivity contribution in [1.29, 1.82) is 0 Å². The molecular weight excluding hydrogens is 313 g/mol. The minimum absolute atomic E-state index is 0.0291. The summed E-state index contributed by atoms with van der Waals surface area (Å²) in [5, 5.41) is -0.543. The molecule has 0 bridgehead atoms. The van der Waals surface area contributed by atoms with E-state index in [2.05, 4.69) is 0 Å². The van der Waals surface area contributed by atoms with Gasteiger partial charge in [0.15, 0.2) is 17.5 Å². The van der Waals surface area contributed by atoms with Gasteiger partial charge >= 0.3 is 5.97 Å². The second-order valence-electron chi connectivity index (χ2n) is 5.31. The highest BCUT2D eigenvalue weighted by atomic mass is 19.2. The van der Waals surface area contributed by atoms with Crippen LogP contribution in [0.3, 0.4) is 0 Å². The van der Waals surface area contributed by atoms with Crippen molar-refractivity contribution >= 4 is 22.6 Å². The highest BCUT2D eigenvalue weighted by Crippen LogP contribution is 2.39. The van der Waals surface area contributed by atoms with Crippen molar-refractivity contribution in [1.82, 2.24) is 4.57 Å². The number of nitrogen functional groups attached to an aromatic ring is 1. The molecule has 1 aromatic carbocycles. The smallest absolute Gasteiger partial charge is 0.343 e. The minimum atomic E-state index is -1.74. The van der Waals surface area contributed by atoms with E-state index in [0.717, 1.165) is 6.20 Å². The Morgan fingerprint density at radius 2 is 1.96 bits per heavy atom. The molecule has 1 aromatic heterocycles. The van der Waals surface area contributed by atoms with E-state index in [4.69, 9.17) is 10.5 Å². The summed E-state index contributed by atoms with van der Waals surface area (Å²) >= 11 is 0. The van der Waals surface area contributed by atoms with Crippen molar-refractivity contribution in [3.05, 3.63) is 39.4 Å². The van der Waals surface area contributed by atoms with Gasteiger partial charge in [-0.15, -0.1) is 0 Å². The van der Waals surface area contributed by atoms with Gasteiger partial charge in [0, 0.05) is 12.2 Å². The molecule has 122 valence electrons. The molecule has 8 heteroatoms. The summed E-state index contributed by atoms with van der Waals surface area (Å²) in [4.78, 5) is 24.3. The average Bonchev–Trinajstić information content (AvgIpc) is 3.35. The highest BCUT2D eigenvalue weighted by molar-refractivity contribution is 5.98. The number of halogens is 3. The molecule has 1 aliphatic carbocycles. The third-order valence-electron chi connectivity index (χ3n) is 3.77. The molecule has 0 radical (unpaired) electrons. The van der Waals surface area contributed by atoms with Gasteiger partial charge in [-0.05, 0) is 19.8 Å². The number of nitrogens with two attached hydrogens (primary N) is 1. The number of aromatic nitrogens is 1. The Labute approximate surface area is 128 Å². The topological polar surface area (TPSA) is 74.3 Å². The molecule has 1 fully saturated rings. The van der Waals surface area contributed by atoms with Crippen LogP contribution in [0.25, 0.3) is 10.9 Å². The number of ether oxygens (including phenoxy) is 1. The van der Waals surface area contributed by atoms with E-state index in [1.54, 1.807) is 6.92 Å². The molecule has 0 atom stereocenters. The van der Waals surface area contributed by atoms with Crippen LogP contribution in [0.2, 0.25) is 0 Å². The van der Waals surface area contributed by atoms with Crippen molar-refractivity contribution in [2.75, 3.05) is 12.3 Å². The van der Waals surface area contributed by atoms with Gasteiger partial charge in [0.2, 0.25) is 5.43 Å². The van der Waals surface area contributed by atoms with Crippen LogP contribution in [0, 0.1) is 17.5 Å². The number of fused-ring (bicyclic) bond motifs is 1. The van der Waals surface area contributed by atoms with Gasteiger partial charge in [-0.25, -0.2) is 18.0 Å². The van der Waals surface area contributed by atoms with E-state index < -0.39 is 45.4 Å². The molecule has 0 aliphatic heterocycles. The molecule has 1 heterocycles. The minimum Gasteiger partial charge on any atom is -0.462 e. The van der Waals surface area contributed by atoms with Crippen LogP contribution in [0.4, 0.5) is 18.9 Å². The van der Waals surface area contributed by atoms with E-state index in [-0.39, 0.29) is 18.2 Å². The van der Waals surface area contributed by atoms with Crippen LogP contribution in [0.15, 0.2) is 11.0 Å². The Balaban J connectivity index is 2.46. The van der Waals surface area contributed by atoms with Crippen molar-refractivity contribution in [2.45, 2.75) is 25.8 Å². The number of hydrogen-bond acceptors (Lipinski definition) is 4. The number of rotatable bonds is 3. The average molecular weight is 326 g/mol. The molecule has 0 saturated heterocycles. The highest BCUT2D eigenvalue weighted by Gasteiger charge is 2.31. The summed E-state index contributed by atoms with van der Waals surface area (Å²) in [5.41, 5.74) is 2.86. The molecular formula is C15H13F3N2O3. The maximum Gasteiger partial charge on any atom is 0.343 e. The van der Waals surface area contributed by atoms with E-state index in [9.17, 15) is 22.8 Å². The fraction of sp³-hybridized carbons (Fsp3) is 0.333. The number of esters is 1. The Hall–Kier alpha value is -2.51. The molecule has 2 aromatic rings. The van der Waals surface area contributed by atoms with Gasteiger partial charge in [0.1, 0.15) is 5.56 Å². The third-order valence-corrected chi connectivity index (χ3v) is 3.77. The van der Waals surface area contributed by atoms with Gasteiger partial charge in [-0.2, -0.15) is 0 Å². The zero-order valence-corrected chi connectivity index (χ0v) is 12.2. The molecule has 0 spiro atoms. The lowest BCUT2D eigenvalue weighted by Crippen LogP contribution is -2.23. The van der Waals surface area contributed by atoms with Crippen molar-refractivity contribution in [3.8, 4) is 0 Å². The number of carbonyl (C=O) groups is 1. The Kier molecular flexibility index (Phi) is 3.54. The fourth-order valence-electron chi connectivity index (χ4n) is 2.53. The lowest BCUT2D eigenvalue weighted by atomic mass is 10.1. The number of carbonyl (C=O) groups excluding carboxylic acids is 1. The number of anilines is 1. The Morgan fingerprint density at radius 3 is 2.52 bits per heavy atom. The van der Waals surface area contributed by atoms with Crippen LogP contribution in [0.5, 0.6) is 0 Å². The molecule has 0 unspecified atom stereocenters. The van der Waals surface area contributed by atoms with Gasteiger partial charge in [-0.3, -0.25) is 4.79 Å². The van der Waals surface area contributed by atoms with Crippen LogP contribution < -0.4 is 11.2 Å². The van der Waals surface area contributed by atoms with Crippen LogP contribution in [0.1, 0.15) is 36.2 Å². The first-order chi connectivity index (χ1) is 10.9. The SMILES string of the molecule is CCOC(=O)c1cn(C2CC2)c2c(F)c(F)c(F)c(N)c2c1=O. The van der Waals surface area contributed by atoms with Crippen molar-refractivity contribution in [2.24, 2.45) is 0 Å². The summed E-state index contributed by atoms with van der Waals surface area (Å²) in [6.07, 6.45) is 2.46. The first-order valence-corrected chi connectivity index (χ1v) is 7.06. The summed E-state index contributed by atoms with van der Waals surface area (Å²) in [6.45, 7) is 1.59. The fourth-order valence-corrected chi connectivity index (χ4v) is 2.53. The summed E-state index contributed by atoms with van der Waals surface area (Å²) < 4.78 is 47.6. The van der Waals surface area contributed by atoms with E-state index in [1.807, 2.05) is 0 Å². The summed E-state index contributed by atoms with van der Waals surface area (Å²) in [6, 6.07) is -0.204. The van der Waals surface area contributed by atoms with Crippen LogP contribution in [-0.2, 0) is 4.74 Å². The molecule has 5 nitrogen and oxygen atoms in total. The number of nitrogens with zero attached hydrogens (tertiary/aromatic N) is 1. The molecule has 23 heavy (non-hydrogen) atoms. The lowest BCUT2D eigenvalue weighted by Gasteiger charge is -2.15. The third kappa shape index (κ3) is 2.25. The monoisotopic (exact) mass is 326 g/mol. The second kappa shape index (κ2) is 5.29. The molecule has 2 N–H and O–H groups in total. The number of benzene rings is 1. The lowest BCUT2D eigenvalue weighted by molar-refractivity contribution is 0.0524. The predicted octanol–water partition coefficient (Wildman–Crippen LogP) is 2.51. The Morgan fingerprint density at radius 1 is 1.30 bits per heavy atom. The first-order valence-electron chi connectivity index (χ1n) is 7.06. The number of pyridine rings is 1. The van der Waals surface area contributed by atoms with Gasteiger partial charge in [0.25, 0.3) is 0 Å². The largest absolute Gasteiger partial charge is 0.462 e. The zero-order valence-electron chi connectivity index (χ0n) is 12.2. The first kappa shape index (κ1) is 15.4. The zero-order chi connectivity index (χ0) is 16.9.